The van der Waals surface area contributed by atoms with E-state index in [2.05, 4.69) is 4.98 Å². The number of hydrogen-bond donors (Lipinski definition) is 1. The highest BCUT2D eigenvalue weighted by atomic mass is 19.1. The minimum Gasteiger partial charge on any atom is -0.360 e. The van der Waals surface area contributed by atoms with Crippen molar-refractivity contribution in [2.24, 2.45) is 0 Å². The fourth-order valence-corrected chi connectivity index (χ4v) is 2.72. The molecule has 3 rings (SSSR count). The first kappa shape index (κ1) is 12.8. The number of aromatic amines is 1. The third kappa shape index (κ3) is 1.99. The summed E-state index contributed by atoms with van der Waals surface area (Å²) in [4.78, 5) is 29.3. The maximum atomic E-state index is 13.5. The van der Waals surface area contributed by atoms with Gasteiger partial charge in [0.2, 0.25) is 5.43 Å². The van der Waals surface area contributed by atoms with Gasteiger partial charge in [-0.2, -0.15) is 0 Å². The van der Waals surface area contributed by atoms with Gasteiger partial charge in [-0.3, -0.25) is 9.59 Å². The summed E-state index contributed by atoms with van der Waals surface area (Å²) in [6.45, 7) is 3.08. The lowest BCUT2D eigenvalue weighted by Crippen LogP contribution is -2.32. The molecular formula is C15H15FN2O2. The fourth-order valence-electron chi connectivity index (χ4n) is 2.72. The molecule has 2 heterocycles. The first-order chi connectivity index (χ1) is 9.58. The van der Waals surface area contributed by atoms with E-state index in [-0.39, 0.29) is 16.9 Å². The van der Waals surface area contributed by atoms with Crippen molar-refractivity contribution < 1.29 is 9.18 Å². The molecule has 1 amide bonds. The molecule has 2 aromatic rings. The Balaban J connectivity index is 2.16. The third-order valence-corrected chi connectivity index (χ3v) is 3.77. The monoisotopic (exact) mass is 274 g/mol. The lowest BCUT2D eigenvalue weighted by molar-refractivity contribution is 0.0791. The van der Waals surface area contributed by atoms with Crippen LogP contribution in [-0.2, 0) is 0 Å². The molecule has 20 heavy (non-hydrogen) atoms. The van der Waals surface area contributed by atoms with Crippen molar-refractivity contribution in [3.8, 4) is 0 Å². The van der Waals surface area contributed by atoms with Crippen LogP contribution in [0.15, 0.2) is 23.1 Å². The zero-order chi connectivity index (χ0) is 14.3. The van der Waals surface area contributed by atoms with Crippen molar-refractivity contribution in [2.45, 2.75) is 19.8 Å². The maximum Gasteiger partial charge on any atom is 0.259 e. The molecule has 0 radical (unpaired) electrons. The van der Waals surface area contributed by atoms with E-state index in [1.54, 1.807) is 11.8 Å². The van der Waals surface area contributed by atoms with Gasteiger partial charge in [-0.1, -0.05) is 0 Å². The molecule has 1 N–H and O–H groups in total. The Hall–Kier alpha value is -2.17. The Labute approximate surface area is 115 Å². The number of likely N-dealkylation sites (tertiary alicyclic amines) is 1. The van der Waals surface area contributed by atoms with E-state index in [9.17, 15) is 14.0 Å². The summed E-state index contributed by atoms with van der Waals surface area (Å²) in [5.41, 5.74) is 0.911. The number of amides is 1. The van der Waals surface area contributed by atoms with Crippen LogP contribution in [0.4, 0.5) is 4.39 Å². The van der Waals surface area contributed by atoms with Gasteiger partial charge in [-0.05, 0) is 37.5 Å². The molecule has 0 atom stereocenters. The molecular weight excluding hydrogens is 259 g/mol. The topological polar surface area (TPSA) is 53.2 Å². The number of pyridine rings is 1. The van der Waals surface area contributed by atoms with Crippen LogP contribution < -0.4 is 5.43 Å². The highest BCUT2D eigenvalue weighted by molar-refractivity contribution is 5.97. The van der Waals surface area contributed by atoms with Gasteiger partial charge in [-0.25, -0.2) is 4.39 Å². The van der Waals surface area contributed by atoms with E-state index >= 15 is 0 Å². The van der Waals surface area contributed by atoms with Gasteiger partial charge in [0, 0.05) is 24.7 Å². The van der Waals surface area contributed by atoms with Gasteiger partial charge in [-0.15, -0.1) is 0 Å². The Bertz CT molecular complexity index is 745. The number of rotatable bonds is 1. The van der Waals surface area contributed by atoms with Gasteiger partial charge in [0.15, 0.2) is 0 Å². The molecule has 1 aromatic carbocycles. The molecule has 0 bridgehead atoms. The first-order valence-corrected chi connectivity index (χ1v) is 6.69. The standard InChI is InChI=1S/C15H15FN2O2/c1-9-6-10(16)7-11-13(9)17-8-12(14(11)19)15(20)18-4-2-3-5-18/h6-8H,2-5H2,1H3,(H,17,19). The van der Waals surface area contributed by atoms with Crippen molar-refractivity contribution in [3.05, 3.63) is 45.5 Å². The average molecular weight is 274 g/mol. The van der Waals surface area contributed by atoms with Crippen molar-refractivity contribution in [1.82, 2.24) is 9.88 Å². The predicted octanol–water partition coefficient (Wildman–Crippen LogP) is 2.21. The van der Waals surface area contributed by atoms with Crippen LogP contribution in [-0.4, -0.2) is 28.9 Å². The quantitative estimate of drug-likeness (QED) is 0.866. The normalized spacial score (nSPS) is 15.0. The summed E-state index contributed by atoms with van der Waals surface area (Å²) >= 11 is 0. The third-order valence-electron chi connectivity index (χ3n) is 3.77. The van der Waals surface area contributed by atoms with Crippen LogP contribution >= 0.6 is 0 Å². The highest BCUT2D eigenvalue weighted by Crippen LogP contribution is 2.17. The Morgan fingerprint density at radius 3 is 2.70 bits per heavy atom. The molecule has 0 unspecified atom stereocenters. The minimum atomic E-state index is -0.466. The summed E-state index contributed by atoms with van der Waals surface area (Å²) in [5, 5.41) is 0.229. The maximum absolute atomic E-state index is 13.5. The summed E-state index contributed by atoms with van der Waals surface area (Å²) in [6.07, 6.45) is 3.37. The first-order valence-electron chi connectivity index (χ1n) is 6.69. The van der Waals surface area contributed by atoms with Crippen molar-refractivity contribution >= 4 is 16.8 Å². The number of hydrogen-bond acceptors (Lipinski definition) is 2. The summed E-state index contributed by atoms with van der Waals surface area (Å²) < 4.78 is 13.5. The van der Waals surface area contributed by atoms with Gasteiger partial charge >= 0.3 is 0 Å². The largest absolute Gasteiger partial charge is 0.360 e. The van der Waals surface area contributed by atoms with Gasteiger partial charge < -0.3 is 9.88 Å². The average Bonchev–Trinajstić information content (AvgIpc) is 2.93. The van der Waals surface area contributed by atoms with Crippen LogP contribution in [0.5, 0.6) is 0 Å². The lowest BCUT2D eigenvalue weighted by Gasteiger charge is -2.15. The highest BCUT2D eigenvalue weighted by Gasteiger charge is 2.22. The Morgan fingerprint density at radius 2 is 2.00 bits per heavy atom. The number of aromatic nitrogens is 1. The molecule has 0 spiro atoms. The number of nitrogens with zero attached hydrogens (tertiary/aromatic N) is 1. The number of carbonyl (C=O) groups is 1. The van der Waals surface area contributed by atoms with E-state index < -0.39 is 11.2 Å². The van der Waals surface area contributed by atoms with Crippen LogP contribution in [0.3, 0.4) is 0 Å². The van der Waals surface area contributed by atoms with Gasteiger partial charge in [0.25, 0.3) is 5.91 Å². The predicted molar refractivity (Wildman–Crippen MR) is 74.4 cm³/mol. The molecule has 0 aliphatic carbocycles. The molecule has 1 saturated heterocycles. The molecule has 4 nitrogen and oxygen atoms in total. The van der Waals surface area contributed by atoms with E-state index in [0.29, 0.717) is 24.2 Å². The molecule has 104 valence electrons. The number of benzene rings is 1. The number of fused-ring (bicyclic) bond motifs is 1. The Kier molecular flexibility index (Phi) is 3.04. The second kappa shape index (κ2) is 4.74. The number of H-pyrrole nitrogens is 1. The van der Waals surface area contributed by atoms with Crippen LogP contribution in [0.2, 0.25) is 0 Å². The number of nitrogens with one attached hydrogen (secondary N) is 1. The van der Waals surface area contributed by atoms with Crippen LogP contribution in [0, 0.1) is 12.7 Å². The van der Waals surface area contributed by atoms with Gasteiger partial charge in [0.1, 0.15) is 11.4 Å². The molecule has 1 aliphatic rings. The second-order valence-corrected chi connectivity index (χ2v) is 5.18. The second-order valence-electron chi connectivity index (χ2n) is 5.18. The molecule has 1 aromatic heterocycles. The smallest absolute Gasteiger partial charge is 0.259 e. The number of carbonyl (C=O) groups excluding carboxylic acids is 1. The molecule has 0 saturated carbocycles. The SMILES string of the molecule is Cc1cc(F)cc2c(=O)c(C(=O)N3CCCC3)c[nH]c12. The molecule has 1 fully saturated rings. The summed E-state index contributed by atoms with van der Waals surface area (Å²) in [7, 11) is 0. The molecule has 1 aliphatic heterocycles. The van der Waals surface area contributed by atoms with E-state index in [4.69, 9.17) is 0 Å². The van der Waals surface area contributed by atoms with E-state index in [1.165, 1.54) is 18.3 Å². The number of halogens is 1. The fraction of sp³-hybridized carbons (Fsp3) is 0.333. The zero-order valence-electron chi connectivity index (χ0n) is 11.2. The Morgan fingerprint density at radius 1 is 1.30 bits per heavy atom. The van der Waals surface area contributed by atoms with Crippen molar-refractivity contribution in [1.29, 1.82) is 0 Å². The van der Waals surface area contributed by atoms with Crippen molar-refractivity contribution in [2.75, 3.05) is 13.1 Å². The van der Waals surface area contributed by atoms with Gasteiger partial charge in [0.05, 0.1) is 5.52 Å². The van der Waals surface area contributed by atoms with Crippen LogP contribution in [0.1, 0.15) is 28.8 Å². The minimum absolute atomic E-state index is 0.0874. The number of aryl methyl sites for hydroxylation is 1. The van der Waals surface area contributed by atoms with E-state index in [0.717, 1.165) is 12.8 Å². The summed E-state index contributed by atoms with van der Waals surface area (Å²) in [5.74, 6) is -0.737. The zero-order valence-corrected chi connectivity index (χ0v) is 11.2. The van der Waals surface area contributed by atoms with E-state index in [1.807, 2.05) is 0 Å². The summed E-state index contributed by atoms with van der Waals surface area (Å²) in [6, 6.07) is 2.54. The van der Waals surface area contributed by atoms with Crippen molar-refractivity contribution in [3.63, 3.8) is 0 Å². The van der Waals surface area contributed by atoms with Crippen LogP contribution in [0.25, 0.3) is 10.9 Å². The molecule has 5 heteroatoms. The lowest BCUT2D eigenvalue weighted by atomic mass is 10.1.